The van der Waals surface area contributed by atoms with Crippen LogP contribution >= 0.6 is 0 Å². The predicted molar refractivity (Wildman–Crippen MR) is 342 cm³/mol. The van der Waals surface area contributed by atoms with Gasteiger partial charge in [0.2, 0.25) is 0 Å². The van der Waals surface area contributed by atoms with Crippen molar-refractivity contribution < 1.29 is 4.74 Å². The third-order valence-corrected chi connectivity index (χ3v) is 17.2. The number of nitrogens with zero attached hydrogens (tertiary/aromatic N) is 4. The molecule has 9 aromatic carbocycles. The van der Waals surface area contributed by atoms with Crippen LogP contribution in [0.25, 0.3) is 49.9 Å². The molecule has 0 unspecified atom stereocenters. The van der Waals surface area contributed by atoms with Gasteiger partial charge in [-0.05, 0) is 151 Å². The Morgan fingerprint density at radius 3 is 1.56 bits per heavy atom. The first-order valence-corrected chi connectivity index (χ1v) is 28.9. The number of anilines is 4. The molecule has 0 radical (unpaired) electrons. The molecule has 5 nitrogen and oxygen atoms in total. The lowest BCUT2D eigenvalue weighted by Crippen LogP contribution is -2.27. The Kier molecular flexibility index (Phi) is 13.6. The fourth-order valence-electron chi connectivity index (χ4n) is 12.3. The molecule has 0 fully saturated rings. The summed E-state index contributed by atoms with van der Waals surface area (Å²) in [5.41, 5.74) is 19.8. The molecule has 0 atom stereocenters. The molecule has 1 aliphatic rings. The molecule has 0 N–H and O–H groups in total. The summed E-state index contributed by atoms with van der Waals surface area (Å²) in [5.74, 6) is 3.00. The number of pyridine rings is 1. The van der Waals surface area contributed by atoms with Crippen LogP contribution in [0.3, 0.4) is 0 Å². The van der Waals surface area contributed by atoms with Gasteiger partial charge in [0.15, 0.2) is 0 Å². The number of aromatic nitrogens is 2. The lowest BCUT2D eigenvalue weighted by Gasteiger charge is -2.33. The van der Waals surface area contributed by atoms with Gasteiger partial charge in [-0.2, -0.15) is 0 Å². The second-order valence-electron chi connectivity index (χ2n) is 24.9. The van der Waals surface area contributed by atoms with E-state index in [0.717, 1.165) is 62.0 Å². The van der Waals surface area contributed by atoms with E-state index in [2.05, 4.69) is 309 Å². The van der Waals surface area contributed by atoms with Gasteiger partial charge < -0.3 is 14.5 Å². The van der Waals surface area contributed by atoms with Crippen molar-refractivity contribution in [1.82, 2.24) is 9.55 Å². The molecule has 5 heteroatoms. The molecule has 0 amide bonds. The Bertz CT molecular complexity index is 4010. The molecule has 11 aromatic rings. The molecule has 0 spiro atoms. The van der Waals surface area contributed by atoms with E-state index in [-0.39, 0.29) is 16.2 Å². The van der Waals surface area contributed by atoms with Crippen LogP contribution in [0.5, 0.6) is 11.5 Å². The standard InChI is InChI=1S/C76H74N4O/c1-50(2)64-30-23-31-65(51(3)4)73(64)54-40-60(78-49-79(70-33-22-21-32-69(70)78)61-44-58(75(8,9)55-26-17-13-18-27-55)43-59(45-61)76(10,11)56-28-19-14-20-29-56)47-63(41-54)81-62-35-36-66-67-42-53(52-24-15-12-16-25-52)34-37-68(67)80(71(66)48-62)72-46-57(38-39-77-72)74(5,6)7/h12-48,50-51H,49H2,1-11H3. The smallest absolute Gasteiger partial charge is 0.137 e. The van der Waals surface area contributed by atoms with Crippen LogP contribution in [0.15, 0.2) is 225 Å². The zero-order valence-corrected chi connectivity index (χ0v) is 48.9. The zero-order chi connectivity index (χ0) is 56.4. The summed E-state index contributed by atoms with van der Waals surface area (Å²) in [6, 6.07) is 80.3. The van der Waals surface area contributed by atoms with Crippen LogP contribution in [0.1, 0.15) is 127 Å². The van der Waals surface area contributed by atoms with Crippen LogP contribution in [0, 0.1) is 0 Å². The monoisotopic (exact) mass is 1060 g/mol. The topological polar surface area (TPSA) is 33.5 Å². The van der Waals surface area contributed by atoms with Crippen molar-refractivity contribution in [1.29, 1.82) is 0 Å². The summed E-state index contributed by atoms with van der Waals surface area (Å²) < 4.78 is 9.64. The first kappa shape index (κ1) is 53.0. The van der Waals surface area contributed by atoms with E-state index in [9.17, 15) is 0 Å². The van der Waals surface area contributed by atoms with Gasteiger partial charge in [0.25, 0.3) is 0 Å². The van der Waals surface area contributed by atoms with Gasteiger partial charge in [0.1, 0.15) is 24.0 Å². The second-order valence-corrected chi connectivity index (χ2v) is 24.9. The second kappa shape index (κ2) is 20.8. The van der Waals surface area contributed by atoms with Crippen molar-refractivity contribution in [2.24, 2.45) is 0 Å². The molecule has 81 heavy (non-hydrogen) atoms. The van der Waals surface area contributed by atoms with Gasteiger partial charge in [-0.15, -0.1) is 0 Å². The van der Waals surface area contributed by atoms with Crippen LogP contribution < -0.4 is 14.5 Å². The molecular formula is C76H74N4O. The minimum atomic E-state index is -0.272. The van der Waals surface area contributed by atoms with Gasteiger partial charge in [0, 0.05) is 51.3 Å². The lowest BCUT2D eigenvalue weighted by atomic mass is 9.73. The highest BCUT2D eigenvalue weighted by atomic mass is 16.5. The summed E-state index contributed by atoms with van der Waals surface area (Å²) in [7, 11) is 0. The Morgan fingerprint density at radius 1 is 0.407 bits per heavy atom. The summed E-state index contributed by atoms with van der Waals surface area (Å²) in [6.45, 7) is 26.1. The highest BCUT2D eigenvalue weighted by Gasteiger charge is 2.34. The maximum Gasteiger partial charge on any atom is 0.137 e. The van der Waals surface area contributed by atoms with E-state index in [1.165, 1.54) is 61.0 Å². The number of rotatable bonds is 13. The molecule has 3 heterocycles. The molecule has 0 saturated heterocycles. The summed E-state index contributed by atoms with van der Waals surface area (Å²) in [5, 5.41) is 2.30. The van der Waals surface area contributed by atoms with E-state index < -0.39 is 0 Å². The quantitative estimate of drug-likeness (QED) is 0.115. The van der Waals surface area contributed by atoms with Gasteiger partial charge in [-0.3, -0.25) is 4.57 Å². The summed E-state index contributed by atoms with van der Waals surface area (Å²) in [6.07, 6.45) is 1.95. The first-order valence-electron chi connectivity index (χ1n) is 28.9. The number of ether oxygens (including phenoxy) is 1. The number of fused-ring (bicyclic) bond motifs is 4. The first-order chi connectivity index (χ1) is 38.9. The average Bonchev–Trinajstić information content (AvgIpc) is 4.26. The predicted octanol–water partition coefficient (Wildman–Crippen LogP) is 20.7. The minimum absolute atomic E-state index is 0.0595. The van der Waals surface area contributed by atoms with Crippen LogP contribution in [-0.2, 0) is 16.2 Å². The Hall–Kier alpha value is -8.67. The van der Waals surface area contributed by atoms with Gasteiger partial charge in [-0.25, -0.2) is 4.98 Å². The fraction of sp³-hybridized carbons (Fsp3) is 0.224. The zero-order valence-electron chi connectivity index (χ0n) is 48.9. The third kappa shape index (κ3) is 9.88. The van der Waals surface area contributed by atoms with E-state index >= 15 is 0 Å². The third-order valence-electron chi connectivity index (χ3n) is 17.2. The molecule has 2 aromatic heterocycles. The summed E-state index contributed by atoms with van der Waals surface area (Å²) >= 11 is 0. The van der Waals surface area contributed by atoms with Gasteiger partial charge >= 0.3 is 0 Å². The van der Waals surface area contributed by atoms with Crippen molar-refractivity contribution in [2.75, 3.05) is 16.5 Å². The lowest BCUT2D eigenvalue weighted by molar-refractivity contribution is 0.483. The summed E-state index contributed by atoms with van der Waals surface area (Å²) in [4.78, 5) is 10.0. The molecular weight excluding hydrogens is 985 g/mol. The Morgan fingerprint density at radius 2 is 0.975 bits per heavy atom. The molecule has 1 aliphatic heterocycles. The average molecular weight is 1060 g/mol. The molecule has 12 rings (SSSR count). The van der Waals surface area contributed by atoms with Gasteiger partial charge in [0.05, 0.1) is 22.4 Å². The van der Waals surface area contributed by atoms with Crippen LogP contribution in [0.4, 0.5) is 22.7 Å². The van der Waals surface area contributed by atoms with Crippen molar-refractivity contribution >= 4 is 44.6 Å². The van der Waals surface area contributed by atoms with Crippen molar-refractivity contribution in [2.45, 2.75) is 104 Å². The Balaban J connectivity index is 1.02. The number of hydrogen-bond acceptors (Lipinski definition) is 4. The number of hydrogen-bond donors (Lipinski definition) is 0. The van der Waals surface area contributed by atoms with Crippen molar-refractivity contribution in [3.05, 3.63) is 264 Å². The molecule has 0 saturated carbocycles. The van der Waals surface area contributed by atoms with E-state index in [1.807, 2.05) is 6.20 Å². The van der Waals surface area contributed by atoms with E-state index in [4.69, 9.17) is 9.72 Å². The maximum atomic E-state index is 7.32. The largest absolute Gasteiger partial charge is 0.457 e. The normalized spacial score (nSPS) is 13.0. The highest BCUT2D eigenvalue weighted by Crippen LogP contribution is 2.50. The number of benzene rings is 9. The molecule has 404 valence electrons. The van der Waals surface area contributed by atoms with E-state index in [1.54, 1.807) is 0 Å². The van der Waals surface area contributed by atoms with Crippen LogP contribution in [-0.4, -0.2) is 16.2 Å². The van der Waals surface area contributed by atoms with Crippen LogP contribution in [0.2, 0.25) is 0 Å². The molecule has 0 bridgehead atoms. The maximum absolute atomic E-state index is 7.32. The fourth-order valence-corrected chi connectivity index (χ4v) is 12.3. The Labute approximate surface area is 480 Å². The highest BCUT2D eigenvalue weighted by molar-refractivity contribution is 6.10. The van der Waals surface area contributed by atoms with Crippen molar-refractivity contribution in [3.8, 4) is 39.6 Å². The van der Waals surface area contributed by atoms with E-state index in [0.29, 0.717) is 18.5 Å². The van der Waals surface area contributed by atoms with Crippen molar-refractivity contribution in [3.63, 3.8) is 0 Å². The minimum Gasteiger partial charge on any atom is -0.457 e. The van der Waals surface area contributed by atoms with Gasteiger partial charge in [-0.1, -0.05) is 210 Å². The molecule has 0 aliphatic carbocycles. The number of para-hydroxylation sites is 2. The SMILES string of the molecule is CC(C)c1cccc(C(C)C)c1-c1cc(Oc2ccc3c4cc(-c5ccccc5)ccc4n(-c4cc(C(C)(C)C)ccn4)c3c2)cc(N2CN(c3cc(C(C)(C)c4ccccc4)cc(C(C)(C)c4ccccc4)c3)c3ccccc32)c1.